The average molecular weight is 212 g/mol. The molecule has 0 aliphatic rings. The molecule has 3 heteroatoms. The minimum absolute atomic E-state index is 0.484. The lowest BCUT2D eigenvalue weighted by molar-refractivity contribution is -0.124. The highest BCUT2D eigenvalue weighted by Crippen LogP contribution is 2.02. The Morgan fingerprint density at radius 3 is 1.80 bits per heavy atom. The van der Waals surface area contributed by atoms with Crippen LogP contribution in [-0.4, -0.2) is 30.2 Å². The van der Waals surface area contributed by atoms with Crippen LogP contribution in [-0.2, 0) is 9.59 Å². The summed E-state index contributed by atoms with van der Waals surface area (Å²) in [6.07, 6.45) is 7.89. The van der Waals surface area contributed by atoms with Crippen molar-refractivity contribution < 1.29 is 9.59 Å². The van der Waals surface area contributed by atoms with E-state index in [4.69, 9.17) is 0 Å². The number of hydrogen-bond acceptors (Lipinski definition) is 2. The molecule has 1 amide bonds. The standard InChI is InChI=1S/C12H22NO2/c1-3-5-7-9-13(12(15)11-14)10-8-6-4-2/h3-10H2,1-2H3. The molecule has 0 aliphatic carbocycles. The Balaban J connectivity index is 3.84. The second-order valence-electron chi connectivity index (χ2n) is 3.81. The van der Waals surface area contributed by atoms with Crippen molar-refractivity contribution >= 4 is 12.2 Å². The maximum atomic E-state index is 11.2. The van der Waals surface area contributed by atoms with Crippen molar-refractivity contribution in [2.45, 2.75) is 52.4 Å². The molecule has 87 valence electrons. The number of unbranched alkanes of at least 4 members (excludes halogenated alkanes) is 4. The zero-order valence-electron chi connectivity index (χ0n) is 9.92. The molecule has 0 heterocycles. The van der Waals surface area contributed by atoms with Crippen molar-refractivity contribution in [3.8, 4) is 0 Å². The van der Waals surface area contributed by atoms with Gasteiger partial charge in [0, 0.05) is 13.1 Å². The van der Waals surface area contributed by atoms with E-state index in [1.54, 1.807) is 4.90 Å². The van der Waals surface area contributed by atoms with Gasteiger partial charge in [0.15, 0.2) is 0 Å². The van der Waals surface area contributed by atoms with Crippen LogP contribution < -0.4 is 0 Å². The molecule has 0 aliphatic heterocycles. The summed E-state index contributed by atoms with van der Waals surface area (Å²) in [6, 6.07) is 0. The van der Waals surface area contributed by atoms with Crippen molar-refractivity contribution in [1.82, 2.24) is 4.90 Å². The lowest BCUT2D eigenvalue weighted by Gasteiger charge is -2.19. The maximum absolute atomic E-state index is 11.2. The van der Waals surface area contributed by atoms with Crippen molar-refractivity contribution in [1.29, 1.82) is 0 Å². The highest BCUT2D eigenvalue weighted by molar-refractivity contribution is 6.23. The van der Waals surface area contributed by atoms with Crippen LogP contribution in [0.1, 0.15) is 52.4 Å². The molecule has 0 aromatic heterocycles. The molecule has 15 heavy (non-hydrogen) atoms. The third kappa shape index (κ3) is 7.11. The van der Waals surface area contributed by atoms with E-state index in [9.17, 15) is 9.59 Å². The van der Waals surface area contributed by atoms with E-state index < -0.39 is 5.91 Å². The summed E-state index contributed by atoms with van der Waals surface area (Å²) in [5.74, 6) is -0.484. The SMILES string of the molecule is CCCCCN(CCCCC)C(=O)[C]=O. The van der Waals surface area contributed by atoms with Crippen molar-refractivity contribution in [2.24, 2.45) is 0 Å². The Kier molecular flexibility index (Phi) is 9.13. The molecule has 0 saturated carbocycles. The fourth-order valence-corrected chi connectivity index (χ4v) is 1.48. The van der Waals surface area contributed by atoms with Crippen LogP contribution in [0, 0.1) is 0 Å². The summed E-state index contributed by atoms with van der Waals surface area (Å²) in [6.45, 7) is 5.64. The molecule has 0 bridgehead atoms. The van der Waals surface area contributed by atoms with Gasteiger partial charge in [0.05, 0.1) is 0 Å². The van der Waals surface area contributed by atoms with E-state index in [1.165, 1.54) is 6.29 Å². The van der Waals surface area contributed by atoms with E-state index >= 15 is 0 Å². The number of rotatable bonds is 9. The minimum atomic E-state index is -0.484. The normalized spacial score (nSPS) is 10.0. The van der Waals surface area contributed by atoms with Gasteiger partial charge in [-0.1, -0.05) is 39.5 Å². The third-order valence-corrected chi connectivity index (χ3v) is 2.44. The Morgan fingerprint density at radius 1 is 1.00 bits per heavy atom. The summed E-state index contributed by atoms with van der Waals surface area (Å²) in [5, 5.41) is 0. The third-order valence-electron chi connectivity index (χ3n) is 2.44. The molecule has 1 radical (unpaired) electrons. The number of nitrogens with zero attached hydrogens (tertiary/aromatic N) is 1. The smallest absolute Gasteiger partial charge is 0.298 e. The summed E-state index contributed by atoms with van der Waals surface area (Å²) in [7, 11) is 0. The predicted octanol–water partition coefficient (Wildman–Crippen LogP) is 2.31. The Morgan fingerprint density at radius 2 is 1.47 bits per heavy atom. The van der Waals surface area contributed by atoms with Crippen LogP contribution >= 0.6 is 0 Å². The molecule has 3 nitrogen and oxygen atoms in total. The van der Waals surface area contributed by atoms with E-state index in [2.05, 4.69) is 13.8 Å². The van der Waals surface area contributed by atoms with Gasteiger partial charge in [0.2, 0.25) is 0 Å². The monoisotopic (exact) mass is 212 g/mol. The summed E-state index contributed by atoms with van der Waals surface area (Å²) in [4.78, 5) is 23.1. The molecule has 0 spiro atoms. The van der Waals surface area contributed by atoms with Crippen LogP contribution in [0.15, 0.2) is 0 Å². The van der Waals surface area contributed by atoms with Crippen LogP contribution in [0.4, 0.5) is 0 Å². The lowest BCUT2D eigenvalue weighted by Crippen LogP contribution is -2.33. The van der Waals surface area contributed by atoms with Crippen molar-refractivity contribution in [2.75, 3.05) is 13.1 Å². The van der Waals surface area contributed by atoms with Gasteiger partial charge in [-0.2, -0.15) is 0 Å². The van der Waals surface area contributed by atoms with Crippen molar-refractivity contribution in [3.05, 3.63) is 0 Å². The average Bonchev–Trinajstić information content (AvgIpc) is 2.26. The zero-order chi connectivity index (χ0) is 11.5. The largest absolute Gasteiger partial charge is 0.336 e. The van der Waals surface area contributed by atoms with Gasteiger partial charge in [-0.05, 0) is 12.8 Å². The number of carbonyl (C=O) groups is 1. The molecule has 0 N–H and O–H groups in total. The van der Waals surface area contributed by atoms with Gasteiger partial charge in [0.25, 0.3) is 12.2 Å². The molecule has 0 rings (SSSR count). The van der Waals surface area contributed by atoms with Crippen molar-refractivity contribution in [3.63, 3.8) is 0 Å². The fraction of sp³-hybridized carbons (Fsp3) is 0.833. The summed E-state index contributed by atoms with van der Waals surface area (Å²) >= 11 is 0. The van der Waals surface area contributed by atoms with Crippen LogP contribution in [0.5, 0.6) is 0 Å². The highest BCUT2D eigenvalue weighted by atomic mass is 16.2. The first-order valence-electron chi connectivity index (χ1n) is 5.93. The van der Waals surface area contributed by atoms with Gasteiger partial charge in [-0.15, -0.1) is 0 Å². The van der Waals surface area contributed by atoms with Gasteiger partial charge in [-0.3, -0.25) is 9.59 Å². The maximum Gasteiger partial charge on any atom is 0.298 e. The molecule has 0 atom stereocenters. The van der Waals surface area contributed by atoms with E-state index in [0.717, 1.165) is 38.5 Å². The van der Waals surface area contributed by atoms with E-state index in [-0.39, 0.29) is 0 Å². The first-order valence-corrected chi connectivity index (χ1v) is 5.93. The molecule has 0 saturated heterocycles. The zero-order valence-corrected chi connectivity index (χ0v) is 9.92. The molecular formula is C12H22NO2. The number of hydrogen-bond donors (Lipinski definition) is 0. The Bertz CT molecular complexity index is 170. The molecule has 0 fully saturated rings. The predicted molar refractivity (Wildman–Crippen MR) is 61.3 cm³/mol. The summed E-state index contributed by atoms with van der Waals surface area (Å²) in [5.41, 5.74) is 0. The quantitative estimate of drug-likeness (QED) is 0.434. The van der Waals surface area contributed by atoms with Gasteiger partial charge in [-0.25, -0.2) is 0 Å². The second-order valence-corrected chi connectivity index (χ2v) is 3.81. The Hall–Kier alpha value is -0.860. The number of amides is 1. The van der Waals surface area contributed by atoms with E-state index in [0.29, 0.717) is 13.1 Å². The first-order chi connectivity index (χ1) is 7.26. The lowest BCUT2D eigenvalue weighted by atomic mass is 10.2. The van der Waals surface area contributed by atoms with Crippen LogP contribution in [0.2, 0.25) is 0 Å². The highest BCUT2D eigenvalue weighted by Gasteiger charge is 2.11. The van der Waals surface area contributed by atoms with Gasteiger partial charge < -0.3 is 4.90 Å². The molecule has 0 unspecified atom stereocenters. The van der Waals surface area contributed by atoms with Gasteiger partial charge >= 0.3 is 0 Å². The molecular weight excluding hydrogens is 190 g/mol. The minimum Gasteiger partial charge on any atom is -0.336 e. The topological polar surface area (TPSA) is 37.4 Å². The fourth-order valence-electron chi connectivity index (χ4n) is 1.48. The second kappa shape index (κ2) is 9.69. The first kappa shape index (κ1) is 14.1. The van der Waals surface area contributed by atoms with Crippen LogP contribution in [0.25, 0.3) is 0 Å². The Labute approximate surface area is 92.8 Å². The van der Waals surface area contributed by atoms with E-state index in [1.807, 2.05) is 0 Å². The number of carbonyl (C=O) groups excluding carboxylic acids is 2. The molecule has 0 aromatic rings. The van der Waals surface area contributed by atoms with Crippen LogP contribution in [0.3, 0.4) is 0 Å². The molecule has 0 aromatic carbocycles. The summed E-state index contributed by atoms with van der Waals surface area (Å²) < 4.78 is 0. The van der Waals surface area contributed by atoms with Gasteiger partial charge in [0.1, 0.15) is 0 Å².